The average Bonchev–Trinajstić information content (AvgIpc) is 3.04. The number of sulfonamides is 1. The summed E-state index contributed by atoms with van der Waals surface area (Å²) in [5.41, 5.74) is 3.43. The number of aromatic nitrogens is 4. The topological polar surface area (TPSA) is 151 Å². The van der Waals surface area contributed by atoms with Crippen LogP contribution < -0.4 is 30.3 Å². The number of nitrogens with two attached hydrogens (primary N) is 1. The first-order valence-corrected chi connectivity index (χ1v) is 15.9. The van der Waals surface area contributed by atoms with Crippen LogP contribution in [0.3, 0.4) is 0 Å². The average molecular weight is 658 g/mol. The molecular formula is C30H34F3N9O3S. The number of fused-ring (bicyclic) bond motifs is 1. The van der Waals surface area contributed by atoms with Gasteiger partial charge in [0.2, 0.25) is 5.95 Å². The van der Waals surface area contributed by atoms with Crippen LogP contribution in [0.1, 0.15) is 30.9 Å². The van der Waals surface area contributed by atoms with E-state index in [9.17, 15) is 21.6 Å². The van der Waals surface area contributed by atoms with Gasteiger partial charge in [0.25, 0.3) is 0 Å². The molecule has 1 fully saturated rings. The number of anilines is 6. The van der Waals surface area contributed by atoms with Crippen molar-refractivity contribution in [1.82, 2.24) is 19.9 Å². The minimum atomic E-state index is -5.79. The van der Waals surface area contributed by atoms with Gasteiger partial charge in [-0.3, -0.25) is 14.3 Å². The molecule has 4 N–H and O–H groups in total. The van der Waals surface area contributed by atoms with Crippen molar-refractivity contribution in [3.8, 4) is 5.75 Å². The predicted molar refractivity (Wildman–Crippen MR) is 173 cm³/mol. The standard InChI is InChI=1S/C30H34F3N9O3S/c1-5-18-15-23(25(45-4)16-24(18)42-13-9-20(34)10-14-42)39-29-37-17-19(6-2)28(40-29)38-22-8-7-21-26(36-12-11-35-21)27(22)41(3)46(43,44)30(31,32)33/h6-8,11-12,15-17,20H,2,5,9-10,13-14,34H2,1,3-4H3,(H2,37,38,39,40). The molecule has 244 valence electrons. The molecule has 16 heteroatoms. The first kappa shape index (κ1) is 32.7. The summed E-state index contributed by atoms with van der Waals surface area (Å²) < 4.78 is 71.7. The molecule has 0 bridgehead atoms. The van der Waals surface area contributed by atoms with E-state index in [1.54, 1.807) is 7.11 Å². The second kappa shape index (κ2) is 13.0. The molecular weight excluding hydrogens is 623 g/mol. The summed E-state index contributed by atoms with van der Waals surface area (Å²) >= 11 is 0. The van der Waals surface area contributed by atoms with Gasteiger partial charge in [0.05, 0.1) is 24.0 Å². The first-order chi connectivity index (χ1) is 21.9. The Hall–Kier alpha value is -4.70. The summed E-state index contributed by atoms with van der Waals surface area (Å²) in [5, 5.41) is 6.16. The van der Waals surface area contributed by atoms with Gasteiger partial charge < -0.3 is 26.0 Å². The van der Waals surface area contributed by atoms with Crippen molar-refractivity contribution in [3.05, 3.63) is 60.6 Å². The van der Waals surface area contributed by atoms with Crippen molar-refractivity contribution in [2.75, 3.05) is 47.1 Å². The van der Waals surface area contributed by atoms with Gasteiger partial charge in [-0.15, -0.1) is 0 Å². The molecule has 3 heterocycles. The number of aryl methyl sites for hydroxylation is 1. The molecule has 0 atom stereocenters. The smallest absolute Gasteiger partial charge is 0.494 e. The van der Waals surface area contributed by atoms with Gasteiger partial charge >= 0.3 is 15.5 Å². The number of rotatable bonds is 10. The van der Waals surface area contributed by atoms with Crippen molar-refractivity contribution < 1.29 is 26.3 Å². The summed E-state index contributed by atoms with van der Waals surface area (Å²) in [6.07, 6.45) is 8.08. The number of hydrogen-bond acceptors (Lipinski definition) is 11. The summed E-state index contributed by atoms with van der Waals surface area (Å²) in [5.74, 6) is 0.844. The third-order valence-corrected chi connectivity index (χ3v) is 9.27. The van der Waals surface area contributed by atoms with Crippen LogP contribution in [0, 0.1) is 0 Å². The van der Waals surface area contributed by atoms with Crippen LogP contribution in [0.2, 0.25) is 0 Å². The number of alkyl halides is 3. The third-order valence-electron chi connectivity index (χ3n) is 7.78. The lowest BCUT2D eigenvalue weighted by Crippen LogP contribution is -2.40. The molecule has 1 aliphatic heterocycles. The van der Waals surface area contributed by atoms with E-state index in [1.165, 1.54) is 36.8 Å². The maximum atomic E-state index is 13.6. The van der Waals surface area contributed by atoms with Gasteiger partial charge in [-0.25, -0.2) is 4.98 Å². The summed E-state index contributed by atoms with van der Waals surface area (Å²) in [7, 11) is -3.43. The monoisotopic (exact) mass is 657 g/mol. The van der Waals surface area contributed by atoms with E-state index in [-0.39, 0.29) is 44.5 Å². The van der Waals surface area contributed by atoms with Crippen molar-refractivity contribution in [1.29, 1.82) is 0 Å². The Morgan fingerprint density at radius 2 is 1.85 bits per heavy atom. The normalized spacial score (nSPS) is 14.3. The SMILES string of the molecule is C=Cc1cnc(Nc2cc(CC)c(N3CCC(N)CC3)cc2OC)nc1Nc1ccc2nccnc2c1N(C)S(=O)(=O)C(F)(F)F. The Morgan fingerprint density at radius 1 is 1.13 bits per heavy atom. The van der Waals surface area contributed by atoms with Gasteiger partial charge in [0.15, 0.2) is 0 Å². The third kappa shape index (κ3) is 6.35. The molecule has 1 saturated heterocycles. The van der Waals surface area contributed by atoms with Crippen molar-refractivity contribution >= 4 is 61.6 Å². The Kier molecular flexibility index (Phi) is 9.21. The predicted octanol–water partition coefficient (Wildman–Crippen LogP) is 5.33. The van der Waals surface area contributed by atoms with E-state index in [0.717, 1.165) is 50.7 Å². The van der Waals surface area contributed by atoms with E-state index in [2.05, 4.69) is 49.0 Å². The minimum absolute atomic E-state index is 0.0208. The largest absolute Gasteiger partial charge is 0.516 e. The molecule has 2 aromatic heterocycles. The lowest BCUT2D eigenvalue weighted by Gasteiger charge is -2.34. The molecule has 0 unspecified atom stereocenters. The van der Waals surface area contributed by atoms with Crippen LogP contribution in [0.5, 0.6) is 5.75 Å². The fourth-order valence-corrected chi connectivity index (χ4v) is 6.00. The summed E-state index contributed by atoms with van der Waals surface area (Å²) in [4.78, 5) is 19.5. The second-order valence-corrected chi connectivity index (χ2v) is 12.6. The number of halogens is 3. The number of ether oxygens (including phenoxy) is 1. The van der Waals surface area contributed by atoms with Gasteiger partial charge in [0.1, 0.15) is 22.8 Å². The molecule has 5 rings (SSSR count). The molecule has 0 aliphatic carbocycles. The zero-order valence-electron chi connectivity index (χ0n) is 25.5. The molecule has 0 saturated carbocycles. The molecule has 0 radical (unpaired) electrons. The zero-order valence-corrected chi connectivity index (χ0v) is 26.3. The highest BCUT2D eigenvalue weighted by Crippen LogP contribution is 2.40. The number of nitrogens with one attached hydrogen (secondary N) is 2. The number of methoxy groups -OCH3 is 1. The highest BCUT2D eigenvalue weighted by atomic mass is 32.2. The quantitative estimate of drug-likeness (QED) is 0.203. The van der Waals surface area contributed by atoms with Crippen molar-refractivity contribution in [2.45, 2.75) is 37.7 Å². The molecule has 0 spiro atoms. The Bertz CT molecular complexity index is 1860. The maximum Gasteiger partial charge on any atom is 0.516 e. The highest BCUT2D eigenvalue weighted by Gasteiger charge is 2.50. The Balaban J connectivity index is 1.54. The van der Waals surface area contributed by atoms with Crippen LogP contribution in [-0.2, 0) is 16.4 Å². The number of nitrogens with zero attached hydrogens (tertiary/aromatic N) is 6. The van der Waals surface area contributed by atoms with Gasteiger partial charge in [-0.2, -0.15) is 26.6 Å². The summed E-state index contributed by atoms with van der Waals surface area (Å²) in [6, 6.07) is 7.03. The van der Waals surface area contributed by atoms with Gasteiger partial charge in [0, 0.05) is 62.1 Å². The minimum Gasteiger partial charge on any atom is -0.494 e. The molecule has 2 aromatic carbocycles. The maximum absolute atomic E-state index is 13.6. The van der Waals surface area contributed by atoms with Gasteiger partial charge in [-0.05, 0) is 43.0 Å². The van der Waals surface area contributed by atoms with E-state index in [4.69, 9.17) is 10.5 Å². The second-order valence-electron chi connectivity index (χ2n) is 10.6. The number of hydrogen-bond donors (Lipinski definition) is 3. The van der Waals surface area contributed by atoms with Crippen molar-refractivity contribution in [3.63, 3.8) is 0 Å². The Morgan fingerprint density at radius 3 is 2.50 bits per heavy atom. The van der Waals surface area contributed by atoms with E-state index < -0.39 is 15.5 Å². The van der Waals surface area contributed by atoms with E-state index >= 15 is 0 Å². The summed E-state index contributed by atoms with van der Waals surface area (Å²) in [6.45, 7) is 7.52. The van der Waals surface area contributed by atoms with E-state index in [0.29, 0.717) is 17.0 Å². The fourth-order valence-electron chi connectivity index (χ4n) is 5.26. The fraction of sp³-hybridized carbons (Fsp3) is 0.333. The highest BCUT2D eigenvalue weighted by molar-refractivity contribution is 7.93. The molecule has 4 aromatic rings. The first-order valence-electron chi connectivity index (χ1n) is 14.4. The van der Waals surface area contributed by atoms with Crippen LogP contribution in [0.25, 0.3) is 17.1 Å². The number of benzene rings is 2. The molecule has 0 amide bonds. The van der Waals surface area contributed by atoms with Crippen molar-refractivity contribution in [2.24, 2.45) is 5.73 Å². The lowest BCUT2D eigenvalue weighted by molar-refractivity contribution is -0.0436. The van der Waals surface area contributed by atoms with Crippen LogP contribution in [0.15, 0.2) is 49.4 Å². The molecule has 46 heavy (non-hydrogen) atoms. The van der Waals surface area contributed by atoms with Crippen LogP contribution >= 0.6 is 0 Å². The van der Waals surface area contributed by atoms with E-state index in [1.807, 2.05) is 12.1 Å². The zero-order chi connectivity index (χ0) is 33.2. The lowest BCUT2D eigenvalue weighted by atomic mass is 10.0. The number of piperidine rings is 1. The van der Waals surface area contributed by atoms with Crippen LogP contribution in [0.4, 0.5) is 47.7 Å². The van der Waals surface area contributed by atoms with Crippen LogP contribution in [-0.4, -0.2) is 67.2 Å². The molecule has 1 aliphatic rings. The molecule has 12 nitrogen and oxygen atoms in total. The van der Waals surface area contributed by atoms with Gasteiger partial charge in [-0.1, -0.05) is 19.6 Å². The Labute approximate surface area is 264 Å².